The minimum atomic E-state index is -3.62. The Bertz CT molecular complexity index is 8000. The second kappa shape index (κ2) is 52.9. The predicted molar refractivity (Wildman–Crippen MR) is 560 cm³/mol. The van der Waals surface area contributed by atoms with Crippen LogP contribution in [0.25, 0.3) is 77.0 Å². The smallest absolute Gasteiger partial charge is 0.870 e. The molecule has 0 aliphatic rings. The van der Waals surface area contributed by atoms with E-state index in [2.05, 4.69) is 15.9 Å². The quantitative estimate of drug-likeness (QED) is 0.00852. The number of methoxy groups -OCH3 is 1. The fourth-order valence-corrected chi connectivity index (χ4v) is 19.7. The molecule has 16 rings (SSSR count). The summed E-state index contributed by atoms with van der Waals surface area (Å²) in [4.78, 5) is 46.7. The third kappa shape index (κ3) is 29.6. The van der Waals surface area contributed by atoms with E-state index in [0.29, 0.717) is 151 Å². The molecule has 0 fully saturated rings. The molecule has 12 aromatic carbocycles. The van der Waals surface area contributed by atoms with E-state index >= 15 is 13.2 Å². The van der Waals surface area contributed by atoms with Crippen molar-refractivity contribution >= 4 is 149 Å². The van der Waals surface area contributed by atoms with Crippen LogP contribution in [0.3, 0.4) is 0 Å². The monoisotopic (exact) mass is 2180 g/mol. The Morgan fingerprint density at radius 3 is 0.885 bits per heavy atom. The first-order valence-corrected chi connectivity index (χ1v) is 53.0. The molecule has 774 valence electrons. The van der Waals surface area contributed by atoms with Crippen LogP contribution in [0, 0.1) is 23.3 Å². The molecule has 148 heavy (non-hydrogen) atoms. The molecule has 12 N–H and O–H groups in total. The number of nitrogens with two attached hydrogens (primary N) is 4. The zero-order valence-electron chi connectivity index (χ0n) is 81.5. The molecule has 0 unspecified atom stereocenters. The average molecular weight is 2190 g/mol. The summed E-state index contributed by atoms with van der Waals surface area (Å²) in [6.07, 6.45) is 10.4. The summed E-state index contributed by atoms with van der Waals surface area (Å²) in [6.45, 7) is 4.64. The van der Waals surface area contributed by atoms with Crippen molar-refractivity contribution in [1.82, 2.24) is 15.9 Å². The number of aromatic nitrogens is 4. The molecule has 4 heterocycles. The van der Waals surface area contributed by atoms with Crippen molar-refractivity contribution in [2.24, 2.45) is 22.9 Å². The zero-order valence-corrected chi connectivity index (χ0v) is 87.1. The Morgan fingerprint density at radius 1 is 0.351 bits per heavy atom. The normalized spacial score (nSPS) is 11.2. The van der Waals surface area contributed by atoms with Crippen LogP contribution in [-0.2, 0) is 152 Å². The molecule has 0 bridgehead atoms. The number of hydrogen-bond acceptors (Lipinski definition) is 26. The molecule has 0 amide bonds. The summed E-state index contributed by atoms with van der Waals surface area (Å²) in [7, 11) is -14.7. The van der Waals surface area contributed by atoms with Gasteiger partial charge < -0.3 is 76.7 Å². The number of halogens is 6. The fraction of sp³-hybridized carbons (Fsp3) is 0.200. The number of ether oxygens (including phenoxy) is 7. The number of esters is 3. The number of aliphatic carboxylic acids is 1. The van der Waals surface area contributed by atoms with Crippen molar-refractivity contribution in [3.8, 4) is 56.4 Å². The van der Waals surface area contributed by atoms with E-state index in [0.717, 1.165) is 57.9 Å². The first-order valence-electron chi connectivity index (χ1n) is 44.8. The van der Waals surface area contributed by atoms with Crippen LogP contribution >= 0.6 is 28.3 Å². The Balaban J connectivity index is 0.000000210. The Labute approximate surface area is 879 Å². The van der Waals surface area contributed by atoms with Gasteiger partial charge in [0.2, 0.25) is 40.1 Å². The van der Waals surface area contributed by atoms with Crippen LogP contribution in [0.4, 0.5) is 17.6 Å². The van der Waals surface area contributed by atoms with Gasteiger partial charge in [-0.2, -0.15) is 0 Å². The number of carbonyl (C=O) groups is 4. The number of carboxylic acid groups (broad SMARTS) is 1. The van der Waals surface area contributed by atoms with Gasteiger partial charge >= 0.3 is 49.9 Å². The number of rotatable bonds is 34. The summed E-state index contributed by atoms with van der Waals surface area (Å²) in [5.41, 5.74) is 33.0. The summed E-state index contributed by atoms with van der Waals surface area (Å²) >= 11 is 3.49. The van der Waals surface area contributed by atoms with Gasteiger partial charge in [-0.25, -0.2) is 67.1 Å². The maximum Gasteiger partial charge on any atom is 1.00 e. The SMILES string of the molecule is CCOC(=O)Cc1ccccc1OCc1cc(-c2cccc(CN)c2F)c2ccn(S(C)(=O)=O)c2c1.CCOC(=O)Cc1ccccc1OCc1cc(Br)c2ccn(S(C)(=O)=O)c2c1.COC(=O)Cc1ccccc1OCc1cc(-c2cccc(CN)c2F)c2ccn(S(C)(=O)=O)c2c1.CS(=O)(=O)n1ccc2c(-c3cccc(CN)c3F)cc(COc3ccccc3CC(=O)O)cc21.Cl.NCc1cccc(B(O)O)c1F.[Li+].[OH-]. The van der Waals surface area contributed by atoms with Gasteiger partial charge in [-0.3, -0.25) is 19.2 Å². The Hall–Kier alpha value is -13.4. The minimum Gasteiger partial charge on any atom is -0.870 e. The number of carbonyl (C=O) groups excluding carboxylic acids is 3. The summed E-state index contributed by atoms with van der Waals surface area (Å²) < 4.78 is 201. The van der Waals surface area contributed by atoms with Crippen LogP contribution in [-0.4, -0.2) is 147 Å². The fourth-order valence-electron chi connectivity index (χ4n) is 15.9. The van der Waals surface area contributed by atoms with E-state index in [1.807, 2.05) is 24.3 Å². The second-order valence-electron chi connectivity index (χ2n) is 33.0. The van der Waals surface area contributed by atoms with E-state index < -0.39 is 82.4 Å². The number of hydrogen-bond donors (Lipinski definition) is 7. The minimum absolute atomic E-state index is 0. The molecule has 0 aliphatic carbocycles. The number of benzene rings is 12. The van der Waals surface area contributed by atoms with Gasteiger partial charge in [-0.1, -0.05) is 162 Å². The molecular formula is C105H106BBrClF4LiN8O23S4. The van der Waals surface area contributed by atoms with E-state index in [-0.39, 0.29) is 145 Å². The van der Waals surface area contributed by atoms with Gasteiger partial charge in [0.25, 0.3) is 0 Å². The van der Waals surface area contributed by atoms with Gasteiger partial charge in [0.05, 0.1) is 93.1 Å². The van der Waals surface area contributed by atoms with E-state index in [9.17, 15) is 57.2 Å². The molecule has 0 aliphatic heterocycles. The molecule has 0 saturated carbocycles. The van der Waals surface area contributed by atoms with Crippen molar-refractivity contribution in [2.75, 3.05) is 45.3 Å². The summed E-state index contributed by atoms with van der Waals surface area (Å²) in [5.74, 6) is -2.09. The molecule has 4 aromatic heterocycles. The van der Waals surface area contributed by atoms with Crippen molar-refractivity contribution < 1.29 is 143 Å². The van der Waals surface area contributed by atoms with Gasteiger partial charge in [-0.15, -0.1) is 12.4 Å². The third-order valence-corrected chi connectivity index (χ3v) is 27.5. The third-order valence-electron chi connectivity index (χ3n) is 22.7. The zero-order chi connectivity index (χ0) is 105. The predicted octanol–water partition coefficient (Wildman–Crippen LogP) is 12.4. The van der Waals surface area contributed by atoms with Crippen molar-refractivity contribution in [1.29, 1.82) is 0 Å². The van der Waals surface area contributed by atoms with Crippen molar-refractivity contribution in [3.63, 3.8) is 0 Å². The Kier molecular flexibility index (Phi) is 42.2. The topological polar surface area (TPSA) is 484 Å². The van der Waals surface area contributed by atoms with Crippen molar-refractivity contribution in [3.05, 3.63) is 362 Å². The first kappa shape index (κ1) is 118. The Morgan fingerprint density at radius 2 is 0.608 bits per heavy atom. The number of fused-ring (bicyclic) bond motifs is 4. The maximum atomic E-state index is 15.3. The summed E-state index contributed by atoms with van der Waals surface area (Å²) in [6, 6.07) is 68.2. The molecule has 16 aromatic rings. The van der Waals surface area contributed by atoms with E-state index in [1.54, 1.807) is 214 Å². The van der Waals surface area contributed by atoms with E-state index in [1.165, 1.54) is 54.1 Å². The van der Waals surface area contributed by atoms with Gasteiger partial charge in [-0.05, 0) is 150 Å². The van der Waals surface area contributed by atoms with Crippen LogP contribution in [0.15, 0.2) is 272 Å². The molecule has 0 radical (unpaired) electrons. The van der Waals surface area contributed by atoms with Gasteiger partial charge in [0.1, 0.15) is 72.7 Å². The molecule has 43 heteroatoms. The molecular weight excluding hydrogens is 2080 g/mol. The molecule has 0 saturated heterocycles. The second-order valence-corrected chi connectivity index (χ2v) is 41.2. The van der Waals surface area contributed by atoms with Gasteiger partial charge in [0.15, 0.2) is 0 Å². The molecule has 31 nitrogen and oxygen atoms in total. The summed E-state index contributed by atoms with van der Waals surface area (Å²) in [5, 5.41) is 29.1. The van der Waals surface area contributed by atoms with Crippen LogP contribution in [0.2, 0.25) is 0 Å². The van der Waals surface area contributed by atoms with Crippen LogP contribution in [0.1, 0.15) is 80.6 Å². The number of para-hydroxylation sites is 4. The van der Waals surface area contributed by atoms with Crippen molar-refractivity contribution in [2.45, 2.75) is 92.1 Å². The number of nitrogens with zero attached hydrogens (tertiary/aromatic N) is 4. The van der Waals surface area contributed by atoms with E-state index in [4.69, 9.17) is 71.2 Å². The standard InChI is InChI=1S/C27H27FN2O5S.C26H25FN2O5S.C25H23FN2O5S.C20H20BrNO5S.C7H9BFNO2.ClH.Li.H2O/c1-3-34-26(31)15-19-7-4-5-10-25(19)35-17-18-13-23(22-9-6-8-20(16-29)27(22)28)21-11-12-30(24(21)14-18)36(2,32)33;1-33-25(30)14-18-6-3-4-9-24(18)34-16-17-12-22(21-8-5-7-19(15-28)26(21)27)20-10-11-29(23(20)13-17)35(2,31)32;1-34(31,32)28-10-9-19-21(20-7-4-6-18(14-27)25(20)26)11-16(12-22(19)28)15-33-23-8-3-2-5-17(23)13-24(29)30;1-3-26-20(23)12-15-6-4-5-7-19(15)27-13-14-10-17(21)16-8-9-22(18(16)11-14)28(2,24)25;9-7-5(4-10)2-1-3-6(7)8(11)12;;;/h4-14H,3,15-17,29H2,1-2H3;3-13H,14-16,28H2,1-2H3;2-12H,13-15,27H2,1H3,(H,29,30);4-11H,3,12-13H2,1-2H3;1-3,11-12H,4,10H2;1H;;1H2/q;;;;;;+1;/p-1. The largest absolute Gasteiger partial charge is 1.00 e. The van der Waals surface area contributed by atoms with Gasteiger partial charge in [0, 0.05) is 144 Å². The molecule has 0 atom stereocenters. The molecule has 0 spiro atoms. The van der Waals surface area contributed by atoms with Crippen LogP contribution < -0.4 is 66.2 Å². The first-order chi connectivity index (χ1) is 69.1. The number of carboxylic acids is 1. The average Bonchev–Trinajstić information content (AvgIpc) is 1.56. The maximum absolute atomic E-state index is 15.3. The van der Waals surface area contributed by atoms with Crippen LogP contribution in [0.5, 0.6) is 23.0 Å².